The second kappa shape index (κ2) is 11.3. The van der Waals surface area contributed by atoms with Crippen LogP contribution in [0.1, 0.15) is 54.9 Å². The fraction of sp³-hybridized carbons (Fsp3) is 0.800. The van der Waals surface area contributed by atoms with E-state index in [9.17, 15) is 4.79 Å². The second-order valence-corrected chi connectivity index (χ2v) is 5.36. The molecule has 0 aliphatic heterocycles. The summed E-state index contributed by atoms with van der Waals surface area (Å²) in [4.78, 5) is 10.4. The molecule has 0 aromatic heterocycles. The molecule has 0 aliphatic rings. The van der Waals surface area contributed by atoms with Gasteiger partial charge in [-0.1, -0.05) is 40.7 Å². The van der Waals surface area contributed by atoms with Crippen LogP contribution in [0.25, 0.3) is 0 Å². The average molecular weight is 256 g/mol. The summed E-state index contributed by atoms with van der Waals surface area (Å²) in [5.41, 5.74) is 0. The Morgan fingerprint density at radius 2 is 1.61 bits per heavy atom. The molecule has 18 heavy (non-hydrogen) atoms. The zero-order valence-corrected chi connectivity index (χ0v) is 13.2. The summed E-state index contributed by atoms with van der Waals surface area (Å²) in [6, 6.07) is 1.48. The number of rotatable bonds is 6. The standard InChI is InChI=1S/C9H21N.C6H11NO/c1-6-8(4)9(5)10-7(2)3;1-4-6(8)7-5(2)3/h7-10H,6H2,1-5H3;4-5H,1H2,2-3H3,(H,7,8). The molecular formula is C15H32N2O. The van der Waals surface area contributed by atoms with Crippen LogP contribution in [0.15, 0.2) is 12.7 Å². The van der Waals surface area contributed by atoms with Gasteiger partial charge in [0.05, 0.1) is 0 Å². The first-order valence-corrected chi connectivity index (χ1v) is 6.93. The normalized spacial score (nSPS) is 13.6. The third kappa shape index (κ3) is 13.2. The van der Waals surface area contributed by atoms with E-state index in [-0.39, 0.29) is 11.9 Å². The van der Waals surface area contributed by atoms with Crippen molar-refractivity contribution in [3.8, 4) is 0 Å². The van der Waals surface area contributed by atoms with Gasteiger partial charge in [-0.2, -0.15) is 0 Å². The number of hydrogen-bond donors (Lipinski definition) is 2. The lowest BCUT2D eigenvalue weighted by Crippen LogP contribution is -2.36. The van der Waals surface area contributed by atoms with Crippen LogP contribution in [0.2, 0.25) is 0 Å². The van der Waals surface area contributed by atoms with Gasteiger partial charge in [-0.25, -0.2) is 0 Å². The molecule has 0 rings (SSSR count). The molecule has 2 atom stereocenters. The van der Waals surface area contributed by atoms with E-state index in [0.29, 0.717) is 12.1 Å². The molecule has 2 N–H and O–H groups in total. The molecule has 0 aliphatic carbocycles. The molecule has 3 nitrogen and oxygen atoms in total. The zero-order chi connectivity index (χ0) is 14.7. The van der Waals surface area contributed by atoms with Crippen molar-refractivity contribution in [2.24, 2.45) is 5.92 Å². The molecule has 0 aromatic rings. The van der Waals surface area contributed by atoms with Gasteiger partial charge >= 0.3 is 0 Å². The lowest BCUT2D eigenvalue weighted by Gasteiger charge is -2.22. The topological polar surface area (TPSA) is 41.1 Å². The zero-order valence-electron chi connectivity index (χ0n) is 13.2. The summed E-state index contributed by atoms with van der Waals surface area (Å²) >= 11 is 0. The quantitative estimate of drug-likeness (QED) is 0.717. The summed E-state index contributed by atoms with van der Waals surface area (Å²) in [5, 5.41) is 6.13. The lowest BCUT2D eigenvalue weighted by molar-refractivity contribution is -0.116. The van der Waals surface area contributed by atoms with Gasteiger partial charge in [-0.3, -0.25) is 4.79 Å². The first-order chi connectivity index (χ1) is 8.24. The predicted octanol–water partition coefficient (Wildman–Crippen LogP) is 3.12. The van der Waals surface area contributed by atoms with Gasteiger partial charge in [0.15, 0.2) is 0 Å². The van der Waals surface area contributed by atoms with Crippen LogP contribution >= 0.6 is 0 Å². The number of carbonyl (C=O) groups is 1. The maximum absolute atomic E-state index is 10.4. The van der Waals surface area contributed by atoms with Gasteiger partial charge < -0.3 is 10.6 Å². The van der Waals surface area contributed by atoms with Gasteiger partial charge in [0.1, 0.15) is 0 Å². The van der Waals surface area contributed by atoms with Crippen molar-refractivity contribution in [1.82, 2.24) is 10.6 Å². The number of carbonyl (C=O) groups excluding carboxylic acids is 1. The Labute approximate surface area is 113 Å². The van der Waals surface area contributed by atoms with Crippen molar-refractivity contribution < 1.29 is 4.79 Å². The minimum atomic E-state index is -0.111. The largest absolute Gasteiger partial charge is 0.350 e. The molecule has 0 fully saturated rings. The van der Waals surface area contributed by atoms with E-state index in [1.54, 1.807) is 0 Å². The molecule has 3 heteroatoms. The molecule has 2 unspecified atom stereocenters. The van der Waals surface area contributed by atoms with Crippen molar-refractivity contribution >= 4 is 5.91 Å². The highest BCUT2D eigenvalue weighted by Crippen LogP contribution is 2.06. The summed E-state index contributed by atoms with van der Waals surface area (Å²) in [6.07, 6.45) is 2.53. The Morgan fingerprint density at radius 3 is 1.83 bits per heavy atom. The smallest absolute Gasteiger partial charge is 0.243 e. The molecule has 0 saturated carbocycles. The van der Waals surface area contributed by atoms with Crippen molar-refractivity contribution in [2.75, 3.05) is 0 Å². The first-order valence-electron chi connectivity index (χ1n) is 6.93. The highest BCUT2D eigenvalue weighted by molar-refractivity contribution is 5.86. The Bertz CT molecular complexity index is 225. The third-order valence-corrected chi connectivity index (χ3v) is 2.71. The van der Waals surface area contributed by atoms with E-state index in [0.717, 1.165) is 5.92 Å². The van der Waals surface area contributed by atoms with Crippen molar-refractivity contribution in [1.29, 1.82) is 0 Å². The van der Waals surface area contributed by atoms with E-state index >= 15 is 0 Å². The van der Waals surface area contributed by atoms with E-state index in [4.69, 9.17) is 0 Å². The Kier molecular flexibility index (Phi) is 12.2. The van der Waals surface area contributed by atoms with E-state index < -0.39 is 0 Å². The van der Waals surface area contributed by atoms with Gasteiger partial charge in [-0.15, -0.1) is 0 Å². The first kappa shape index (κ1) is 19.5. The Balaban J connectivity index is 0. The van der Waals surface area contributed by atoms with Crippen LogP contribution in [-0.2, 0) is 4.79 Å². The summed E-state index contributed by atoms with van der Waals surface area (Å²) in [7, 11) is 0. The molecule has 0 aromatic carbocycles. The molecular weight excluding hydrogens is 224 g/mol. The van der Waals surface area contributed by atoms with E-state index in [1.807, 2.05) is 13.8 Å². The number of amides is 1. The Hall–Kier alpha value is -0.830. The van der Waals surface area contributed by atoms with Crippen LogP contribution in [0, 0.1) is 5.92 Å². The highest BCUT2D eigenvalue weighted by Gasteiger charge is 2.09. The van der Waals surface area contributed by atoms with Gasteiger partial charge in [0.2, 0.25) is 5.91 Å². The van der Waals surface area contributed by atoms with Gasteiger partial charge in [0.25, 0.3) is 0 Å². The molecule has 1 amide bonds. The van der Waals surface area contributed by atoms with Gasteiger partial charge in [-0.05, 0) is 32.8 Å². The van der Waals surface area contributed by atoms with Gasteiger partial charge in [0, 0.05) is 18.1 Å². The minimum Gasteiger partial charge on any atom is -0.350 e. The van der Waals surface area contributed by atoms with Crippen LogP contribution in [0.4, 0.5) is 0 Å². The average Bonchev–Trinajstić information content (AvgIpc) is 2.26. The van der Waals surface area contributed by atoms with E-state index in [2.05, 4.69) is 51.8 Å². The molecule has 0 saturated heterocycles. The fourth-order valence-corrected chi connectivity index (χ4v) is 1.39. The molecule has 0 heterocycles. The lowest BCUT2D eigenvalue weighted by atomic mass is 10.0. The van der Waals surface area contributed by atoms with Crippen molar-refractivity contribution in [3.05, 3.63) is 12.7 Å². The van der Waals surface area contributed by atoms with Crippen LogP contribution < -0.4 is 10.6 Å². The fourth-order valence-electron chi connectivity index (χ4n) is 1.39. The van der Waals surface area contributed by atoms with Crippen LogP contribution in [-0.4, -0.2) is 24.0 Å². The number of hydrogen-bond acceptors (Lipinski definition) is 2. The van der Waals surface area contributed by atoms with E-state index in [1.165, 1.54) is 12.5 Å². The molecule has 0 radical (unpaired) electrons. The molecule has 0 spiro atoms. The third-order valence-electron chi connectivity index (χ3n) is 2.71. The summed E-state index contributed by atoms with van der Waals surface area (Å²) in [6.45, 7) is 18.3. The number of nitrogens with one attached hydrogen (secondary N) is 2. The minimum absolute atomic E-state index is 0.111. The van der Waals surface area contributed by atoms with Crippen LogP contribution in [0.5, 0.6) is 0 Å². The Morgan fingerprint density at radius 1 is 1.11 bits per heavy atom. The van der Waals surface area contributed by atoms with Crippen molar-refractivity contribution in [3.63, 3.8) is 0 Å². The van der Waals surface area contributed by atoms with Crippen molar-refractivity contribution in [2.45, 2.75) is 73.0 Å². The molecule has 0 bridgehead atoms. The maximum Gasteiger partial charge on any atom is 0.243 e. The molecule has 108 valence electrons. The highest BCUT2D eigenvalue weighted by atomic mass is 16.1. The summed E-state index contributed by atoms with van der Waals surface area (Å²) < 4.78 is 0. The summed E-state index contributed by atoms with van der Waals surface area (Å²) in [5.74, 6) is 0.683. The predicted molar refractivity (Wildman–Crippen MR) is 80.7 cm³/mol. The SMILES string of the molecule is C=CC(=O)NC(C)C.CCC(C)C(C)NC(C)C. The maximum atomic E-state index is 10.4. The monoisotopic (exact) mass is 256 g/mol. The second-order valence-electron chi connectivity index (χ2n) is 5.36. The van der Waals surface area contributed by atoms with Crippen LogP contribution in [0.3, 0.4) is 0 Å².